The van der Waals surface area contributed by atoms with Crippen molar-refractivity contribution in [2.24, 2.45) is 5.73 Å². The molecule has 110 valence electrons. The lowest BCUT2D eigenvalue weighted by atomic mass is 10.1. The largest absolute Gasteiger partial charge is 0.492 e. The maximum absolute atomic E-state index is 5.75. The van der Waals surface area contributed by atoms with Gasteiger partial charge in [-0.1, -0.05) is 24.4 Å². The molecule has 0 spiro atoms. The molecule has 2 rings (SSSR count). The van der Waals surface area contributed by atoms with Gasteiger partial charge in [-0.2, -0.15) is 0 Å². The molecule has 21 heavy (non-hydrogen) atoms. The highest BCUT2D eigenvalue weighted by molar-refractivity contribution is 7.80. The van der Waals surface area contributed by atoms with Crippen LogP contribution < -0.4 is 15.8 Å². The number of hydrogen-bond donors (Lipinski definition) is 2. The second-order valence-corrected chi connectivity index (χ2v) is 5.25. The number of nitrogens with zero attached hydrogens (tertiary/aromatic N) is 1. The van der Waals surface area contributed by atoms with E-state index in [2.05, 4.69) is 10.3 Å². The van der Waals surface area contributed by atoms with E-state index >= 15 is 0 Å². The van der Waals surface area contributed by atoms with Crippen molar-refractivity contribution in [3.05, 3.63) is 53.2 Å². The summed E-state index contributed by atoms with van der Waals surface area (Å²) in [5.74, 6) is 1.57. The Morgan fingerprint density at radius 2 is 2.14 bits per heavy atom. The third kappa shape index (κ3) is 4.16. The fraction of sp³-hybridized carbons (Fsp3) is 0.250. The highest BCUT2D eigenvalue weighted by atomic mass is 32.1. The van der Waals surface area contributed by atoms with E-state index in [0.29, 0.717) is 24.0 Å². The number of aryl methyl sites for hydroxylation is 2. The Morgan fingerprint density at radius 1 is 1.33 bits per heavy atom. The number of thiocarbonyl (C=S) groups is 1. The number of nitrogens with one attached hydrogen (secondary N) is 1. The standard InChI is InChI=1S/C16H19N3OS/c1-11-4-3-5-13(10-11)20-9-8-19-16-14(15(17)21)12(2)6-7-18-16/h3-7,10H,8-9H2,1-2H3,(H2,17,21)(H,18,19). The van der Waals surface area contributed by atoms with Gasteiger partial charge in [0.1, 0.15) is 23.2 Å². The molecule has 0 atom stereocenters. The van der Waals surface area contributed by atoms with Gasteiger partial charge in [0.2, 0.25) is 0 Å². The van der Waals surface area contributed by atoms with E-state index < -0.39 is 0 Å². The Bertz CT molecular complexity index is 643. The molecule has 0 fully saturated rings. The van der Waals surface area contributed by atoms with Crippen LogP contribution in [0.1, 0.15) is 16.7 Å². The minimum Gasteiger partial charge on any atom is -0.492 e. The lowest BCUT2D eigenvalue weighted by Gasteiger charge is -2.13. The molecule has 2 aromatic rings. The third-order valence-electron chi connectivity index (χ3n) is 3.06. The van der Waals surface area contributed by atoms with Gasteiger partial charge in [0, 0.05) is 6.20 Å². The minimum atomic E-state index is 0.350. The lowest BCUT2D eigenvalue weighted by molar-refractivity contribution is 0.332. The quantitative estimate of drug-likeness (QED) is 0.634. The zero-order valence-electron chi connectivity index (χ0n) is 12.2. The van der Waals surface area contributed by atoms with Crippen LogP contribution in [0.15, 0.2) is 36.5 Å². The summed E-state index contributed by atoms with van der Waals surface area (Å²) in [5.41, 5.74) is 8.73. The molecule has 0 radical (unpaired) electrons. The molecule has 0 aliphatic heterocycles. The van der Waals surface area contributed by atoms with Crippen LogP contribution >= 0.6 is 12.2 Å². The van der Waals surface area contributed by atoms with E-state index in [1.807, 2.05) is 44.2 Å². The summed E-state index contributed by atoms with van der Waals surface area (Å²) in [7, 11) is 0. The van der Waals surface area contributed by atoms with Crippen LogP contribution in [-0.4, -0.2) is 23.1 Å². The van der Waals surface area contributed by atoms with Gasteiger partial charge in [0.15, 0.2) is 0 Å². The zero-order chi connectivity index (χ0) is 15.2. The molecular weight excluding hydrogens is 282 g/mol. The van der Waals surface area contributed by atoms with Crippen LogP contribution in [0.3, 0.4) is 0 Å². The molecule has 0 unspecified atom stereocenters. The predicted molar refractivity (Wildman–Crippen MR) is 90.0 cm³/mol. The summed E-state index contributed by atoms with van der Waals surface area (Å²) in [6.45, 7) is 5.16. The fourth-order valence-corrected chi connectivity index (χ4v) is 2.30. The number of ether oxygens (including phenoxy) is 1. The van der Waals surface area contributed by atoms with Gasteiger partial charge < -0.3 is 15.8 Å². The first-order valence-corrected chi connectivity index (χ1v) is 7.17. The van der Waals surface area contributed by atoms with Gasteiger partial charge in [-0.05, 0) is 43.2 Å². The number of nitrogens with two attached hydrogens (primary N) is 1. The summed E-state index contributed by atoms with van der Waals surface area (Å²) in [5, 5.41) is 3.22. The van der Waals surface area contributed by atoms with Gasteiger partial charge in [0.05, 0.1) is 12.1 Å². The molecule has 5 heteroatoms. The van der Waals surface area contributed by atoms with E-state index in [9.17, 15) is 0 Å². The number of benzene rings is 1. The first-order valence-electron chi connectivity index (χ1n) is 6.76. The van der Waals surface area contributed by atoms with Crippen molar-refractivity contribution in [3.63, 3.8) is 0 Å². The van der Waals surface area contributed by atoms with E-state index in [0.717, 1.165) is 16.9 Å². The average Bonchev–Trinajstić information content (AvgIpc) is 2.43. The Hall–Kier alpha value is -2.14. The first kappa shape index (κ1) is 15.3. The van der Waals surface area contributed by atoms with Gasteiger partial charge in [-0.25, -0.2) is 4.98 Å². The first-order chi connectivity index (χ1) is 10.1. The number of hydrogen-bond acceptors (Lipinski definition) is 4. The molecule has 1 heterocycles. The highest BCUT2D eigenvalue weighted by Crippen LogP contribution is 2.16. The fourth-order valence-electron chi connectivity index (χ4n) is 2.05. The van der Waals surface area contributed by atoms with Crippen molar-refractivity contribution in [2.75, 3.05) is 18.5 Å². The van der Waals surface area contributed by atoms with E-state index in [1.165, 1.54) is 5.56 Å². The van der Waals surface area contributed by atoms with Crippen molar-refractivity contribution in [2.45, 2.75) is 13.8 Å². The van der Waals surface area contributed by atoms with Crippen molar-refractivity contribution < 1.29 is 4.74 Å². The summed E-state index contributed by atoms with van der Waals surface area (Å²) in [4.78, 5) is 4.64. The maximum Gasteiger partial charge on any atom is 0.136 e. The van der Waals surface area contributed by atoms with Gasteiger partial charge in [0.25, 0.3) is 0 Å². The molecule has 1 aromatic carbocycles. The molecule has 0 aliphatic rings. The van der Waals surface area contributed by atoms with E-state index in [4.69, 9.17) is 22.7 Å². The van der Waals surface area contributed by atoms with Crippen molar-refractivity contribution >= 4 is 23.0 Å². The number of aromatic nitrogens is 1. The van der Waals surface area contributed by atoms with E-state index in [-0.39, 0.29) is 0 Å². The molecule has 0 saturated heterocycles. The van der Waals surface area contributed by atoms with Crippen LogP contribution in [0.25, 0.3) is 0 Å². The topological polar surface area (TPSA) is 60.2 Å². The third-order valence-corrected chi connectivity index (χ3v) is 3.26. The monoisotopic (exact) mass is 301 g/mol. The minimum absolute atomic E-state index is 0.350. The lowest BCUT2D eigenvalue weighted by Crippen LogP contribution is -2.19. The Kier molecular flexibility index (Phi) is 5.11. The van der Waals surface area contributed by atoms with Gasteiger partial charge in [-0.3, -0.25) is 0 Å². The number of anilines is 1. The van der Waals surface area contributed by atoms with Crippen LogP contribution in [0.5, 0.6) is 5.75 Å². The molecular formula is C16H19N3OS. The smallest absolute Gasteiger partial charge is 0.136 e. The normalized spacial score (nSPS) is 10.2. The van der Waals surface area contributed by atoms with Gasteiger partial charge >= 0.3 is 0 Å². The SMILES string of the molecule is Cc1cccc(OCCNc2nccc(C)c2C(N)=S)c1. The summed E-state index contributed by atoms with van der Waals surface area (Å²) >= 11 is 5.07. The Morgan fingerprint density at radius 3 is 2.86 bits per heavy atom. The van der Waals surface area contributed by atoms with Crippen LogP contribution in [0.4, 0.5) is 5.82 Å². The van der Waals surface area contributed by atoms with Crippen LogP contribution in [0, 0.1) is 13.8 Å². The van der Waals surface area contributed by atoms with Gasteiger partial charge in [-0.15, -0.1) is 0 Å². The molecule has 4 nitrogen and oxygen atoms in total. The number of rotatable bonds is 6. The molecule has 0 aliphatic carbocycles. The predicted octanol–water partition coefficient (Wildman–Crippen LogP) is 2.82. The van der Waals surface area contributed by atoms with Crippen LogP contribution in [0.2, 0.25) is 0 Å². The highest BCUT2D eigenvalue weighted by Gasteiger charge is 2.09. The zero-order valence-corrected chi connectivity index (χ0v) is 13.0. The number of pyridine rings is 1. The summed E-state index contributed by atoms with van der Waals surface area (Å²) < 4.78 is 5.68. The summed E-state index contributed by atoms with van der Waals surface area (Å²) in [6.07, 6.45) is 1.74. The second-order valence-electron chi connectivity index (χ2n) is 4.81. The Labute approximate surface area is 130 Å². The molecule has 0 saturated carbocycles. The molecule has 0 bridgehead atoms. The molecule has 0 amide bonds. The summed E-state index contributed by atoms with van der Waals surface area (Å²) in [6, 6.07) is 9.86. The molecule has 1 aromatic heterocycles. The van der Waals surface area contributed by atoms with Crippen molar-refractivity contribution in [3.8, 4) is 5.75 Å². The molecule has 3 N–H and O–H groups in total. The van der Waals surface area contributed by atoms with E-state index in [1.54, 1.807) is 6.20 Å². The maximum atomic E-state index is 5.75. The second kappa shape index (κ2) is 7.04. The van der Waals surface area contributed by atoms with Crippen LogP contribution in [-0.2, 0) is 0 Å². The van der Waals surface area contributed by atoms with Crippen molar-refractivity contribution in [1.82, 2.24) is 4.98 Å². The van der Waals surface area contributed by atoms with Crippen molar-refractivity contribution in [1.29, 1.82) is 0 Å². The average molecular weight is 301 g/mol. The Balaban J connectivity index is 1.92.